The van der Waals surface area contributed by atoms with Crippen molar-refractivity contribution in [2.75, 3.05) is 26.3 Å². The molecule has 4 nitrogen and oxygen atoms in total. The molecule has 2 aliphatic heterocycles. The van der Waals surface area contributed by atoms with Gasteiger partial charge in [-0.2, -0.15) is 0 Å². The largest absolute Gasteiger partial charge is 0.381 e. The summed E-state index contributed by atoms with van der Waals surface area (Å²) in [5, 5.41) is 4.01. The van der Waals surface area contributed by atoms with Crippen molar-refractivity contribution in [1.29, 1.82) is 0 Å². The Bertz CT molecular complexity index is 613. The van der Waals surface area contributed by atoms with E-state index < -0.39 is 0 Å². The normalized spacial score (nSPS) is 25.6. The number of aryl methyl sites for hydroxylation is 1. The van der Waals surface area contributed by atoms with Gasteiger partial charge in [-0.05, 0) is 60.8 Å². The Balaban J connectivity index is 1.40. The third kappa shape index (κ3) is 2.94. The van der Waals surface area contributed by atoms with E-state index in [1.54, 1.807) is 0 Å². The van der Waals surface area contributed by atoms with Gasteiger partial charge in [-0.3, -0.25) is 0 Å². The first-order valence-electron chi connectivity index (χ1n) is 8.57. The Labute approximate surface area is 142 Å². The molecule has 0 saturated carbocycles. The molecule has 0 aromatic heterocycles. The Morgan fingerprint density at radius 1 is 1.30 bits per heavy atom. The highest BCUT2D eigenvalue weighted by molar-refractivity contribution is 6.30. The van der Waals surface area contributed by atoms with Gasteiger partial charge in [-0.15, -0.1) is 0 Å². The number of benzene rings is 1. The second-order valence-electron chi connectivity index (χ2n) is 7.17. The van der Waals surface area contributed by atoms with Crippen molar-refractivity contribution in [1.82, 2.24) is 10.2 Å². The maximum atomic E-state index is 12.7. The molecule has 1 aromatic rings. The molecule has 4 rings (SSSR count). The van der Waals surface area contributed by atoms with Crippen molar-refractivity contribution in [2.45, 2.75) is 38.1 Å². The first kappa shape index (κ1) is 15.3. The molecule has 3 aliphatic rings. The molecule has 1 aliphatic carbocycles. The summed E-state index contributed by atoms with van der Waals surface area (Å²) >= 11 is 6.06. The highest BCUT2D eigenvalue weighted by Gasteiger charge is 2.41. The molecule has 1 aromatic carbocycles. The summed E-state index contributed by atoms with van der Waals surface area (Å²) in [5.41, 5.74) is 2.80. The second kappa shape index (κ2) is 5.99. The van der Waals surface area contributed by atoms with Crippen molar-refractivity contribution in [3.63, 3.8) is 0 Å². The number of nitrogens with zero attached hydrogens (tertiary/aromatic N) is 1. The van der Waals surface area contributed by atoms with Gasteiger partial charge in [-0.25, -0.2) is 4.79 Å². The first-order valence-corrected chi connectivity index (χ1v) is 8.95. The van der Waals surface area contributed by atoms with Gasteiger partial charge in [0.05, 0.1) is 6.04 Å². The van der Waals surface area contributed by atoms with Gasteiger partial charge in [0.15, 0.2) is 0 Å². The van der Waals surface area contributed by atoms with E-state index in [2.05, 4.69) is 11.4 Å². The number of halogens is 1. The van der Waals surface area contributed by atoms with E-state index in [4.69, 9.17) is 16.3 Å². The lowest BCUT2D eigenvalue weighted by atomic mass is 9.80. The van der Waals surface area contributed by atoms with Crippen LogP contribution in [0, 0.1) is 5.41 Å². The number of likely N-dealkylation sites (tertiary alicyclic amines) is 1. The van der Waals surface area contributed by atoms with Gasteiger partial charge in [0.25, 0.3) is 0 Å². The zero-order chi connectivity index (χ0) is 15.9. The number of carbonyl (C=O) groups excluding carboxylic acids is 1. The maximum Gasteiger partial charge on any atom is 0.317 e. The minimum absolute atomic E-state index is 0.0844. The molecule has 2 fully saturated rings. The zero-order valence-corrected chi connectivity index (χ0v) is 14.1. The molecule has 1 spiro atoms. The average molecular weight is 335 g/mol. The maximum absolute atomic E-state index is 12.7. The Morgan fingerprint density at radius 2 is 2.13 bits per heavy atom. The van der Waals surface area contributed by atoms with Crippen molar-refractivity contribution < 1.29 is 9.53 Å². The van der Waals surface area contributed by atoms with Crippen molar-refractivity contribution in [2.24, 2.45) is 5.41 Å². The number of ether oxygens (including phenoxy) is 1. The van der Waals surface area contributed by atoms with Crippen LogP contribution < -0.4 is 5.32 Å². The molecule has 124 valence electrons. The Kier molecular flexibility index (Phi) is 3.98. The smallest absolute Gasteiger partial charge is 0.317 e. The van der Waals surface area contributed by atoms with Crippen LogP contribution in [0.4, 0.5) is 4.79 Å². The fourth-order valence-corrected chi connectivity index (χ4v) is 4.49. The molecule has 1 N–H and O–H groups in total. The third-order valence-corrected chi connectivity index (χ3v) is 5.99. The highest BCUT2D eigenvalue weighted by atomic mass is 35.5. The third-order valence-electron chi connectivity index (χ3n) is 5.76. The van der Waals surface area contributed by atoms with Gasteiger partial charge < -0.3 is 15.0 Å². The first-order chi connectivity index (χ1) is 11.2. The van der Waals surface area contributed by atoms with Crippen molar-refractivity contribution in [3.8, 4) is 0 Å². The minimum atomic E-state index is 0.0844. The van der Waals surface area contributed by atoms with Gasteiger partial charge in [0.1, 0.15) is 0 Å². The van der Waals surface area contributed by atoms with Crippen LogP contribution in [0.25, 0.3) is 0 Å². The van der Waals surface area contributed by atoms with Crippen LogP contribution in [0.15, 0.2) is 18.2 Å². The minimum Gasteiger partial charge on any atom is -0.381 e. The molecular formula is C18H23ClN2O2. The molecule has 0 bridgehead atoms. The highest BCUT2D eigenvalue weighted by Crippen LogP contribution is 2.40. The van der Waals surface area contributed by atoms with E-state index in [9.17, 15) is 4.79 Å². The molecule has 2 saturated heterocycles. The molecule has 0 unspecified atom stereocenters. The van der Waals surface area contributed by atoms with E-state index in [0.717, 1.165) is 63.4 Å². The van der Waals surface area contributed by atoms with Gasteiger partial charge >= 0.3 is 6.03 Å². The number of carbonyl (C=O) groups is 1. The summed E-state index contributed by atoms with van der Waals surface area (Å²) in [6.45, 7) is 3.42. The van der Waals surface area contributed by atoms with E-state index in [1.807, 2.05) is 17.0 Å². The van der Waals surface area contributed by atoms with Crippen molar-refractivity contribution in [3.05, 3.63) is 34.3 Å². The summed E-state index contributed by atoms with van der Waals surface area (Å²) in [5.74, 6) is 0. The average Bonchev–Trinajstić information content (AvgIpc) is 3.13. The van der Waals surface area contributed by atoms with E-state index in [0.29, 0.717) is 5.41 Å². The quantitative estimate of drug-likeness (QED) is 0.853. The number of fused-ring (bicyclic) bond motifs is 1. The summed E-state index contributed by atoms with van der Waals surface area (Å²) in [6, 6.07) is 6.20. The molecule has 0 radical (unpaired) electrons. The summed E-state index contributed by atoms with van der Waals surface area (Å²) in [4.78, 5) is 14.7. The number of urea groups is 1. The van der Waals surface area contributed by atoms with Crippen LogP contribution in [-0.2, 0) is 11.2 Å². The molecule has 2 heterocycles. The monoisotopic (exact) mass is 334 g/mol. The standard InChI is InChI=1S/C18H23ClN2O2/c19-14-2-3-15-13(11-14)1-4-16(15)20-17(22)21-8-5-18(12-21)6-9-23-10-7-18/h2-3,11,16H,1,4-10,12H2,(H,20,22)/t16-/m1/s1. The van der Waals surface area contributed by atoms with Crippen molar-refractivity contribution >= 4 is 17.6 Å². The lowest BCUT2D eigenvalue weighted by Gasteiger charge is -2.33. The molecular weight excluding hydrogens is 312 g/mol. The Morgan fingerprint density at radius 3 is 2.96 bits per heavy atom. The van der Waals surface area contributed by atoms with Gasteiger partial charge in [-0.1, -0.05) is 17.7 Å². The fourth-order valence-electron chi connectivity index (χ4n) is 4.30. The SMILES string of the molecule is O=C(N[C@@H]1CCc2cc(Cl)ccc21)N1CCC2(CCOCC2)C1. The van der Waals surface area contributed by atoms with Crippen LogP contribution in [0.1, 0.15) is 42.9 Å². The fraction of sp³-hybridized carbons (Fsp3) is 0.611. The number of nitrogens with one attached hydrogen (secondary N) is 1. The van der Waals surface area contributed by atoms with Gasteiger partial charge in [0.2, 0.25) is 0 Å². The number of rotatable bonds is 1. The van der Waals surface area contributed by atoms with Crippen LogP contribution in [0.3, 0.4) is 0 Å². The second-order valence-corrected chi connectivity index (χ2v) is 7.60. The lowest BCUT2D eigenvalue weighted by molar-refractivity contribution is 0.0208. The van der Waals surface area contributed by atoms with E-state index >= 15 is 0 Å². The Hall–Kier alpha value is -1.26. The number of hydrogen-bond acceptors (Lipinski definition) is 2. The van der Waals surface area contributed by atoms with Crippen LogP contribution >= 0.6 is 11.6 Å². The number of amides is 2. The lowest BCUT2D eigenvalue weighted by Crippen LogP contribution is -2.42. The zero-order valence-electron chi connectivity index (χ0n) is 13.3. The summed E-state index contributed by atoms with van der Waals surface area (Å²) in [7, 11) is 0. The molecule has 23 heavy (non-hydrogen) atoms. The predicted molar refractivity (Wildman–Crippen MR) is 89.7 cm³/mol. The molecule has 5 heteroatoms. The van der Waals surface area contributed by atoms with Crippen LogP contribution in [-0.4, -0.2) is 37.2 Å². The predicted octanol–water partition coefficient (Wildman–Crippen LogP) is 3.54. The van der Waals surface area contributed by atoms with Crippen LogP contribution in [0.2, 0.25) is 5.02 Å². The topological polar surface area (TPSA) is 41.6 Å². The van der Waals surface area contributed by atoms with Gasteiger partial charge in [0, 0.05) is 31.3 Å². The van der Waals surface area contributed by atoms with E-state index in [-0.39, 0.29) is 12.1 Å². The van der Waals surface area contributed by atoms with Crippen LogP contribution in [0.5, 0.6) is 0 Å². The molecule has 2 amide bonds. The summed E-state index contributed by atoms with van der Waals surface area (Å²) in [6.07, 6.45) is 5.24. The molecule has 1 atom stereocenters. The summed E-state index contributed by atoms with van der Waals surface area (Å²) < 4.78 is 5.48. The number of hydrogen-bond donors (Lipinski definition) is 1. The van der Waals surface area contributed by atoms with E-state index in [1.165, 1.54) is 11.1 Å².